The molecule has 0 bridgehead atoms. The van der Waals surface area contributed by atoms with Gasteiger partial charge in [0.25, 0.3) is 5.91 Å². The first kappa shape index (κ1) is 20.9. The first-order valence-corrected chi connectivity index (χ1v) is 9.75. The molecule has 3 N–H and O–H groups in total. The largest absolute Gasteiger partial charge is 0.484 e. The molecule has 0 aliphatic rings. The van der Waals surface area contributed by atoms with Crippen molar-refractivity contribution in [2.75, 3.05) is 22.6 Å². The van der Waals surface area contributed by atoms with Crippen molar-refractivity contribution in [1.82, 2.24) is 0 Å². The van der Waals surface area contributed by atoms with Crippen LogP contribution < -0.4 is 20.7 Å². The van der Waals surface area contributed by atoms with Gasteiger partial charge in [0.05, 0.1) is 0 Å². The second kappa shape index (κ2) is 10.1. The van der Waals surface area contributed by atoms with Crippen LogP contribution in [0.4, 0.5) is 21.9 Å². The Morgan fingerprint density at radius 3 is 2.03 bits per heavy atom. The van der Waals surface area contributed by atoms with Crippen LogP contribution >= 0.6 is 0 Å². The highest BCUT2D eigenvalue weighted by atomic mass is 16.5. The van der Waals surface area contributed by atoms with Crippen LogP contribution in [0.5, 0.6) is 5.75 Å². The number of para-hydroxylation sites is 1. The van der Waals surface area contributed by atoms with Crippen LogP contribution in [0.15, 0.2) is 78.9 Å². The molecule has 0 aliphatic carbocycles. The fraction of sp³-hybridized carbons (Fsp3) is 0.167. The Bertz CT molecular complexity index is 986. The molecule has 6 nitrogen and oxygen atoms in total. The van der Waals surface area contributed by atoms with Crippen LogP contribution in [-0.2, 0) is 4.79 Å². The molecule has 0 aliphatic heterocycles. The quantitative estimate of drug-likeness (QED) is 0.489. The third kappa shape index (κ3) is 6.38. The summed E-state index contributed by atoms with van der Waals surface area (Å²) in [5, 5.41) is 8.26. The molecule has 0 radical (unpaired) electrons. The molecule has 0 saturated heterocycles. The van der Waals surface area contributed by atoms with Crippen LogP contribution in [0, 0.1) is 0 Å². The van der Waals surface area contributed by atoms with Crippen molar-refractivity contribution in [1.29, 1.82) is 0 Å². The number of ether oxygens (including phenoxy) is 1. The lowest BCUT2D eigenvalue weighted by Gasteiger charge is -2.11. The summed E-state index contributed by atoms with van der Waals surface area (Å²) in [5.41, 5.74) is 3.04. The normalized spacial score (nSPS) is 10.4. The van der Waals surface area contributed by atoms with Gasteiger partial charge in [-0.15, -0.1) is 0 Å². The zero-order chi connectivity index (χ0) is 21.3. The molecule has 0 heterocycles. The van der Waals surface area contributed by atoms with E-state index in [2.05, 4.69) is 29.8 Å². The third-order valence-corrected chi connectivity index (χ3v) is 4.35. The monoisotopic (exact) mass is 403 g/mol. The molecular weight excluding hydrogens is 378 g/mol. The van der Waals surface area contributed by atoms with Gasteiger partial charge in [-0.25, -0.2) is 4.79 Å². The summed E-state index contributed by atoms with van der Waals surface area (Å²) in [4.78, 5) is 24.3. The molecule has 3 rings (SSSR count). The summed E-state index contributed by atoms with van der Waals surface area (Å²) in [7, 11) is 0. The summed E-state index contributed by atoms with van der Waals surface area (Å²) in [6.07, 6.45) is 0. The Kier molecular flexibility index (Phi) is 7.05. The second-order valence-electron chi connectivity index (χ2n) is 7.09. The average molecular weight is 403 g/mol. The molecule has 154 valence electrons. The summed E-state index contributed by atoms with van der Waals surface area (Å²) in [6.45, 7) is 4.14. The minimum Gasteiger partial charge on any atom is -0.484 e. The number of nitrogens with one attached hydrogen (secondary N) is 3. The number of rotatable bonds is 7. The Labute approximate surface area is 176 Å². The second-order valence-corrected chi connectivity index (χ2v) is 7.09. The van der Waals surface area contributed by atoms with Gasteiger partial charge < -0.3 is 20.7 Å². The van der Waals surface area contributed by atoms with Crippen LogP contribution in [0.2, 0.25) is 0 Å². The van der Waals surface area contributed by atoms with Crippen molar-refractivity contribution in [3.63, 3.8) is 0 Å². The fourth-order valence-electron chi connectivity index (χ4n) is 2.78. The molecule has 0 fully saturated rings. The fourth-order valence-corrected chi connectivity index (χ4v) is 2.78. The number of hydrogen-bond acceptors (Lipinski definition) is 3. The van der Waals surface area contributed by atoms with Gasteiger partial charge in [-0.3, -0.25) is 4.79 Å². The lowest BCUT2D eigenvalue weighted by Crippen LogP contribution is -2.21. The molecule has 0 saturated carbocycles. The van der Waals surface area contributed by atoms with E-state index in [-0.39, 0.29) is 18.5 Å². The van der Waals surface area contributed by atoms with Gasteiger partial charge >= 0.3 is 6.03 Å². The molecule has 3 amide bonds. The van der Waals surface area contributed by atoms with Gasteiger partial charge in [-0.2, -0.15) is 0 Å². The number of benzene rings is 3. The van der Waals surface area contributed by atoms with Crippen LogP contribution in [0.3, 0.4) is 0 Å². The van der Waals surface area contributed by atoms with Gasteiger partial charge in [0.15, 0.2) is 6.61 Å². The van der Waals surface area contributed by atoms with Crippen molar-refractivity contribution in [3.05, 3.63) is 84.4 Å². The topological polar surface area (TPSA) is 79.5 Å². The van der Waals surface area contributed by atoms with Crippen molar-refractivity contribution in [3.8, 4) is 5.75 Å². The Hall–Kier alpha value is -3.80. The van der Waals surface area contributed by atoms with E-state index in [0.717, 1.165) is 0 Å². The summed E-state index contributed by atoms with van der Waals surface area (Å²) in [5.74, 6) is 0.800. The van der Waals surface area contributed by atoms with Gasteiger partial charge in [0.2, 0.25) is 0 Å². The van der Waals surface area contributed by atoms with Gasteiger partial charge in [0.1, 0.15) is 5.75 Å². The minimum absolute atomic E-state index is 0.104. The molecule has 0 aromatic heterocycles. The van der Waals surface area contributed by atoms with Gasteiger partial charge in [0, 0.05) is 17.1 Å². The van der Waals surface area contributed by atoms with E-state index in [9.17, 15) is 9.59 Å². The Balaban J connectivity index is 1.50. The number of anilines is 3. The summed E-state index contributed by atoms with van der Waals surface area (Å²) in [6, 6.07) is 23.4. The first-order valence-electron chi connectivity index (χ1n) is 9.75. The Morgan fingerprint density at radius 1 is 0.767 bits per heavy atom. The zero-order valence-corrected chi connectivity index (χ0v) is 17.0. The Morgan fingerprint density at radius 2 is 1.37 bits per heavy atom. The maximum absolute atomic E-state index is 12.2. The first-order chi connectivity index (χ1) is 14.5. The smallest absolute Gasteiger partial charge is 0.323 e. The number of carbonyl (C=O) groups excluding carboxylic acids is 2. The van der Waals surface area contributed by atoms with E-state index >= 15 is 0 Å². The molecule has 3 aromatic carbocycles. The molecule has 0 spiro atoms. The maximum Gasteiger partial charge on any atom is 0.323 e. The molecule has 6 heteroatoms. The summed E-state index contributed by atoms with van der Waals surface area (Å²) < 4.78 is 5.54. The van der Waals surface area contributed by atoms with Gasteiger partial charge in [-0.05, 0) is 53.9 Å². The summed E-state index contributed by atoms with van der Waals surface area (Å²) >= 11 is 0. The SMILES string of the molecule is CC(C)c1ccc(OCC(=O)Nc2cccc(NC(=O)Nc3ccccc3)c2)cc1. The van der Waals surface area contributed by atoms with E-state index in [1.165, 1.54) is 5.56 Å². The molecule has 0 atom stereocenters. The van der Waals surface area contributed by atoms with E-state index in [0.29, 0.717) is 28.7 Å². The molecular formula is C24H25N3O3. The highest BCUT2D eigenvalue weighted by Gasteiger charge is 2.07. The van der Waals surface area contributed by atoms with Crippen molar-refractivity contribution in [2.24, 2.45) is 0 Å². The standard InChI is InChI=1S/C24H25N3O3/c1-17(2)18-11-13-22(14-12-18)30-16-23(28)25-20-9-6-10-21(15-20)27-24(29)26-19-7-4-3-5-8-19/h3-15,17H,16H2,1-2H3,(H,25,28)(H2,26,27,29). The van der Waals surface area contributed by atoms with Crippen LogP contribution in [0.1, 0.15) is 25.3 Å². The van der Waals surface area contributed by atoms with Crippen molar-refractivity contribution >= 4 is 29.0 Å². The molecule has 0 unspecified atom stereocenters. The maximum atomic E-state index is 12.2. The van der Waals surface area contributed by atoms with E-state index < -0.39 is 0 Å². The lowest BCUT2D eigenvalue weighted by molar-refractivity contribution is -0.118. The highest BCUT2D eigenvalue weighted by Crippen LogP contribution is 2.19. The van der Waals surface area contributed by atoms with E-state index in [1.807, 2.05) is 42.5 Å². The zero-order valence-electron chi connectivity index (χ0n) is 17.0. The molecule has 3 aromatic rings. The molecule has 30 heavy (non-hydrogen) atoms. The minimum atomic E-state index is -0.363. The number of amides is 3. The van der Waals surface area contributed by atoms with Gasteiger partial charge in [-0.1, -0.05) is 50.2 Å². The third-order valence-electron chi connectivity index (χ3n) is 4.35. The highest BCUT2D eigenvalue weighted by molar-refractivity contribution is 6.00. The van der Waals surface area contributed by atoms with Crippen molar-refractivity contribution < 1.29 is 14.3 Å². The average Bonchev–Trinajstić information content (AvgIpc) is 2.73. The predicted octanol–water partition coefficient (Wildman–Crippen LogP) is 5.47. The number of carbonyl (C=O) groups is 2. The van der Waals surface area contributed by atoms with E-state index in [4.69, 9.17) is 4.74 Å². The van der Waals surface area contributed by atoms with Crippen LogP contribution in [0.25, 0.3) is 0 Å². The van der Waals surface area contributed by atoms with Crippen molar-refractivity contribution in [2.45, 2.75) is 19.8 Å². The van der Waals surface area contributed by atoms with Crippen LogP contribution in [-0.4, -0.2) is 18.5 Å². The number of hydrogen-bond donors (Lipinski definition) is 3. The van der Waals surface area contributed by atoms with E-state index in [1.54, 1.807) is 36.4 Å². The lowest BCUT2D eigenvalue weighted by atomic mass is 10.0. The predicted molar refractivity (Wildman–Crippen MR) is 120 cm³/mol. The number of urea groups is 1.